The number of amides is 2. The fourth-order valence-corrected chi connectivity index (χ4v) is 4.16. The highest BCUT2D eigenvalue weighted by atomic mass is 35.5. The predicted molar refractivity (Wildman–Crippen MR) is 141 cm³/mol. The van der Waals surface area contributed by atoms with Crippen molar-refractivity contribution in [2.75, 3.05) is 26.2 Å². The lowest BCUT2D eigenvalue weighted by Gasteiger charge is -2.32. The van der Waals surface area contributed by atoms with Crippen molar-refractivity contribution < 1.29 is 24.2 Å². The van der Waals surface area contributed by atoms with Crippen LogP contribution in [-0.4, -0.2) is 58.1 Å². The van der Waals surface area contributed by atoms with E-state index in [-0.39, 0.29) is 5.91 Å². The van der Waals surface area contributed by atoms with Crippen LogP contribution >= 0.6 is 11.6 Å². The normalized spacial score (nSPS) is 13.6. The Kier molecular flexibility index (Phi) is 8.30. The lowest BCUT2D eigenvalue weighted by Crippen LogP contribution is -2.49. The highest BCUT2D eigenvalue weighted by Crippen LogP contribution is 2.34. The van der Waals surface area contributed by atoms with Gasteiger partial charge in [0.1, 0.15) is 12.4 Å². The van der Waals surface area contributed by atoms with Gasteiger partial charge < -0.3 is 24.4 Å². The smallest absolute Gasteiger partial charge is 0.407 e. The number of piperazine rings is 1. The quantitative estimate of drug-likeness (QED) is 0.409. The summed E-state index contributed by atoms with van der Waals surface area (Å²) in [6.45, 7) is 5.70. The number of carboxylic acid groups (broad SMARTS) is 1. The molecule has 0 unspecified atom stereocenters. The van der Waals surface area contributed by atoms with Crippen molar-refractivity contribution in [2.24, 2.45) is 0 Å². The van der Waals surface area contributed by atoms with E-state index in [0.29, 0.717) is 55.2 Å². The molecule has 4 rings (SSSR count). The zero-order chi connectivity index (χ0) is 26.4. The van der Waals surface area contributed by atoms with E-state index in [9.17, 15) is 9.59 Å². The van der Waals surface area contributed by atoms with E-state index in [4.69, 9.17) is 26.2 Å². The van der Waals surface area contributed by atoms with Gasteiger partial charge in [-0.05, 0) is 54.8 Å². The van der Waals surface area contributed by atoms with Gasteiger partial charge in [0, 0.05) is 38.3 Å². The maximum atomic E-state index is 12.5. The van der Waals surface area contributed by atoms with Crippen LogP contribution in [0, 0.1) is 13.8 Å². The van der Waals surface area contributed by atoms with Gasteiger partial charge in [-0.1, -0.05) is 41.4 Å². The molecule has 8 nitrogen and oxygen atoms in total. The number of benzene rings is 2. The molecule has 1 saturated heterocycles. The molecule has 2 amide bonds. The second kappa shape index (κ2) is 11.8. The second-order valence-electron chi connectivity index (χ2n) is 8.79. The Labute approximate surface area is 220 Å². The number of aryl methyl sites for hydroxylation is 2. The van der Waals surface area contributed by atoms with Gasteiger partial charge >= 0.3 is 6.09 Å². The number of ether oxygens (including phenoxy) is 2. The number of rotatable bonds is 7. The molecule has 1 aliphatic heterocycles. The van der Waals surface area contributed by atoms with Crippen LogP contribution in [0.15, 0.2) is 60.8 Å². The monoisotopic (exact) mass is 521 g/mol. The van der Waals surface area contributed by atoms with Crippen LogP contribution in [0.25, 0.3) is 6.08 Å². The molecule has 1 N–H and O–H groups in total. The Hall–Kier alpha value is -4.04. The fraction of sp³-hybridized carbons (Fsp3) is 0.250. The third-order valence-corrected chi connectivity index (χ3v) is 6.25. The number of halogens is 1. The number of pyridine rings is 1. The molecular formula is C28H28ClN3O5. The van der Waals surface area contributed by atoms with E-state index < -0.39 is 6.09 Å². The first kappa shape index (κ1) is 26.0. The van der Waals surface area contributed by atoms with Gasteiger partial charge in [-0.2, -0.15) is 0 Å². The number of hydrogen-bond acceptors (Lipinski definition) is 5. The van der Waals surface area contributed by atoms with E-state index in [1.807, 2.05) is 44.2 Å². The molecule has 3 aromatic rings. The molecule has 37 heavy (non-hydrogen) atoms. The van der Waals surface area contributed by atoms with E-state index in [1.165, 1.54) is 16.5 Å². The molecule has 0 spiro atoms. The minimum atomic E-state index is -0.965. The number of carbonyl (C=O) groups excluding carboxylic acids is 1. The minimum Gasteiger partial charge on any atom is -0.487 e. The van der Waals surface area contributed by atoms with Crippen molar-refractivity contribution in [1.29, 1.82) is 0 Å². The number of nitrogens with zero attached hydrogens (tertiary/aromatic N) is 3. The third kappa shape index (κ3) is 7.01. The summed E-state index contributed by atoms with van der Waals surface area (Å²) in [6, 6.07) is 15.2. The van der Waals surface area contributed by atoms with Crippen LogP contribution in [0.3, 0.4) is 0 Å². The van der Waals surface area contributed by atoms with Gasteiger partial charge in [0.05, 0.1) is 11.2 Å². The molecular weight excluding hydrogens is 494 g/mol. The molecule has 0 saturated carbocycles. The van der Waals surface area contributed by atoms with Gasteiger partial charge in [-0.25, -0.2) is 9.78 Å². The first-order chi connectivity index (χ1) is 17.8. The zero-order valence-corrected chi connectivity index (χ0v) is 21.4. The molecule has 192 valence electrons. The summed E-state index contributed by atoms with van der Waals surface area (Å²) in [4.78, 5) is 30.8. The summed E-state index contributed by atoms with van der Waals surface area (Å²) in [5.41, 5.74) is 3.81. The molecule has 2 aromatic carbocycles. The maximum Gasteiger partial charge on any atom is 0.407 e. The highest BCUT2D eigenvalue weighted by molar-refractivity contribution is 6.32. The molecule has 2 heterocycles. The van der Waals surface area contributed by atoms with Crippen LogP contribution in [0.4, 0.5) is 4.79 Å². The van der Waals surface area contributed by atoms with Gasteiger partial charge in [-0.15, -0.1) is 0 Å². The fourth-order valence-electron chi connectivity index (χ4n) is 3.84. The Morgan fingerprint density at radius 2 is 1.73 bits per heavy atom. The van der Waals surface area contributed by atoms with Crippen molar-refractivity contribution in [3.8, 4) is 17.4 Å². The minimum absolute atomic E-state index is 0.173. The Morgan fingerprint density at radius 3 is 2.35 bits per heavy atom. The second-order valence-corrected chi connectivity index (χ2v) is 9.19. The molecule has 0 radical (unpaired) electrons. The highest BCUT2D eigenvalue weighted by Gasteiger charge is 2.22. The SMILES string of the molecule is Cc1ccc(COc2ccc(Oc3c(C)cc(/C=C/C(=O)N4CCN(C(=O)O)CC4)cc3Cl)nc2)cc1. The first-order valence-electron chi connectivity index (χ1n) is 11.9. The van der Waals surface area contributed by atoms with Crippen molar-refractivity contribution in [2.45, 2.75) is 20.5 Å². The zero-order valence-electron chi connectivity index (χ0n) is 20.7. The summed E-state index contributed by atoms with van der Waals surface area (Å²) < 4.78 is 11.7. The van der Waals surface area contributed by atoms with Gasteiger partial charge in [0.25, 0.3) is 0 Å². The average Bonchev–Trinajstić information content (AvgIpc) is 2.90. The predicted octanol–water partition coefficient (Wildman–Crippen LogP) is 5.56. The van der Waals surface area contributed by atoms with Crippen molar-refractivity contribution in [1.82, 2.24) is 14.8 Å². The van der Waals surface area contributed by atoms with Crippen LogP contribution in [0.1, 0.15) is 22.3 Å². The van der Waals surface area contributed by atoms with E-state index in [0.717, 1.165) is 16.7 Å². The van der Waals surface area contributed by atoms with E-state index in [1.54, 1.807) is 35.4 Å². The molecule has 0 aliphatic carbocycles. The molecule has 1 aromatic heterocycles. The van der Waals surface area contributed by atoms with E-state index in [2.05, 4.69) is 4.98 Å². The number of aromatic nitrogens is 1. The summed E-state index contributed by atoms with van der Waals surface area (Å²) in [6.07, 6.45) is 3.80. The summed E-state index contributed by atoms with van der Waals surface area (Å²) >= 11 is 6.49. The van der Waals surface area contributed by atoms with Crippen LogP contribution in [-0.2, 0) is 11.4 Å². The molecule has 0 atom stereocenters. The lowest BCUT2D eigenvalue weighted by molar-refractivity contribution is -0.127. The average molecular weight is 522 g/mol. The molecule has 1 aliphatic rings. The molecule has 1 fully saturated rings. The summed E-state index contributed by atoms with van der Waals surface area (Å²) in [7, 11) is 0. The van der Waals surface area contributed by atoms with Crippen molar-refractivity contribution >= 4 is 29.7 Å². The number of hydrogen-bond donors (Lipinski definition) is 1. The topological polar surface area (TPSA) is 92.2 Å². The van der Waals surface area contributed by atoms with Crippen LogP contribution in [0.2, 0.25) is 5.02 Å². The Morgan fingerprint density at radius 1 is 1.03 bits per heavy atom. The molecule has 0 bridgehead atoms. The van der Waals surface area contributed by atoms with Crippen LogP contribution in [0.5, 0.6) is 17.4 Å². The van der Waals surface area contributed by atoms with Gasteiger partial charge in [0.2, 0.25) is 11.8 Å². The molecule has 9 heteroatoms. The lowest BCUT2D eigenvalue weighted by atomic mass is 10.1. The van der Waals surface area contributed by atoms with Gasteiger partial charge in [0.15, 0.2) is 5.75 Å². The summed E-state index contributed by atoms with van der Waals surface area (Å²) in [5.74, 6) is 1.32. The van der Waals surface area contributed by atoms with Crippen molar-refractivity contribution in [3.63, 3.8) is 0 Å². The first-order valence-corrected chi connectivity index (χ1v) is 12.2. The van der Waals surface area contributed by atoms with Crippen LogP contribution < -0.4 is 9.47 Å². The Balaban J connectivity index is 1.34. The van der Waals surface area contributed by atoms with Crippen molar-refractivity contribution in [3.05, 3.63) is 88.1 Å². The van der Waals surface area contributed by atoms with Gasteiger partial charge in [-0.3, -0.25) is 4.79 Å². The largest absolute Gasteiger partial charge is 0.487 e. The standard InChI is InChI=1S/C28H28ClN3O5/c1-19-3-5-21(6-4-19)18-36-23-8-9-25(30-17-23)37-27-20(2)15-22(16-24(27)29)7-10-26(33)31-11-13-32(14-12-31)28(34)35/h3-10,15-17H,11-14,18H2,1-2H3,(H,34,35)/b10-7+. The number of carbonyl (C=O) groups is 2. The maximum absolute atomic E-state index is 12.5. The van der Waals surface area contributed by atoms with E-state index >= 15 is 0 Å². The Bertz CT molecular complexity index is 1260. The summed E-state index contributed by atoms with van der Waals surface area (Å²) in [5, 5.41) is 9.43. The third-order valence-electron chi connectivity index (χ3n) is 5.97.